The number of nitrogens with zero attached hydrogens (tertiary/aromatic N) is 1. The fourth-order valence-corrected chi connectivity index (χ4v) is 4.45. The lowest BCUT2D eigenvalue weighted by Crippen LogP contribution is -3.13. The number of Topliss-reactive ketones (excluding diaryl/α,β-unsaturated/α-hetero) is 1. The molecule has 0 atom stereocenters. The van der Waals surface area contributed by atoms with Crippen LogP contribution in [-0.4, -0.2) is 64.7 Å². The van der Waals surface area contributed by atoms with E-state index in [1.807, 2.05) is 0 Å². The first-order chi connectivity index (χ1) is 16.0. The zero-order valence-electron chi connectivity index (χ0n) is 19.5. The molecule has 2 aromatic carbocycles. The molecule has 4 rings (SSSR count). The number of fused-ring (bicyclic) bond motifs is 1. The molecule has 8 nitrogen and oxygen atoms in total. The van der Waals surface area contributed by atoms with Crippen molar-refractivity contribution in [3.8, 4) is 28.7 Å². The van der Waals surface area contributed by atoms with Crippen molar-refractivity contribution >= 4 is 11.9 Å². The maximum absolute atomic E-state index is 13.1. The van der Waals surface area contributed by atoms with E-state index in [2.05, 4.69) is 11.8 Å². The molecular formula is C25H30N2O6. The molecule has 33 heavy (non-hydrogen) atoms. The second-order valence-corrected chi connectivity index (χ2v) is 8.14. The van der Waals surface area contributed by atoms with E-state index in [0.717, 1.165) is 32.7 Å². The number of ketones is 1. The van der Waals surface area contributed by atoms with Crippen molar-refractivity contribution in [3.05, 3.63) is 46.7 Å². The third-order valence-corrected chi connectivity index (χ3v) is 6.36. The van der Waals surface area contributed by atoms with Gasteiger partial charge in [0.1, 0.15) is 12.3 Å². The van der Waals surface area contributed by atoms with E-state index < -0.39 is 0 Å². The molecule has 2 aliphatic rings. The fraction of sp³-hybridized carbons (Fsp3) is 0.400. The normalized spacial score (nSPS) is 17.7. The topological polar surface area (TPSA) is 84.7 Å². The highest BCUT2D eigenvalue weighted by molar-refractivity contribution is 6.15. The lowest BCUT2D eigenvalue weighted by atomic mass is 10.0. The molecule has 0 unspecified atom stereocenters. The molecule has 2 heterocycles. The summed E-state index contributed by atoms with van der Waals surface area (Å²) >= 11 is 0. The van der Waals surface area contributed by atoms with Gasteiger partial charge < -0.3 is 29.0 Å². The standard InChI is InChI=1S/C25H30N2O6/c1-5-26-10-12-27(13-11-26)15-18-19(28)8-7-17-22(29)21(33-24(17)18)14-16-6-9-20(30-2)25(32-4)23(16)31-3/h6-9,14,28H,5,10-13,15H2,1-4H3/b21-14-. The summed E-state index contributed by atoms with van der Waals surface area (Å²) in [5, 5.41) is 12.7. The molecule has 0 aromatic heterocycles. The number of carbonyl (C=O) groups is 1. The second-order valence-electron chi connectivity index (χ2n) is 8.14. The van der Waals surface area contributed by atoms with Gasteiger partial charge in [-0.3, -0.25) is 9.69 Å². The molecule has 2 aliphatic heterocycles. The number of ether oxygens (including phenoxy) is 4. The molecule has 1 N–H and O–H groups in total. The van der Waals surface area contributed by atoms with E-state index in [0.29, 0.717) is 46.2 Å². The van der Waals surface area contributed by atoms with E-state index in [9.17, 15) is 9.90 Å². The zero-order chi connectivity index (χ0) is 23.5. The summed E-state index contributed by atoms with van der Waals surface area (Å²) in [6.45, 7) is 7.64. The number of piperazine rings is 1. The van der Waals surface area contributed by atoms with Crippen LogP contribution >= 0.6 is 0 Å². The van der Waals surface area contributed by atoms with Gasteiger partial charge in [-0.1, -0.05) is 18.7 Å². The Morgan fingerprint density at radius 2 is 1.79 bits per heavy atom. The quantitative estimate of drug-likeness (QED) is 0.628. The van der Waals surface area contributed by atoms with Gasteiger partial charge in [-0.2, -0.15) is 0 Å². The van der Waals surface area contributed by atoms with E-state index in [-0.39, 0.29) is 17.3 Å². The van der Waals surface area contributed by atoms with E-state index in [1.165, 1.54) is 25.2 Å². The van der Waals surface area contributed by atoms with Gasteiger partial charge in [-0.05, 0) is 30.8 Å². The number of rotatable bonds is 7. The van der Waals surface area contributed by atoms with Crippen molar-refractivity contribution < 1.29 is 33.7 Å². The van der Waals surface area contributed by atoms with Crippen molar-refractivity contribution in [3.63, 3.8) is 0 Å². The minimum atomic E-state index is -0.256. The van der Waals surface area contributed by atoms with Crippen molar-refractivity contribution in [2.24, 2.45) is 0 Å². The Balaban J connectivity index is 1.64. The van der Waals surface area contributed by atoms with E-state index in [4.69, 9.17) is 18.9 Å². The summed E-state index contributed by atoms with van der Waals surface area (Å²) in [5.74, 6) is 1.54. The van der Waals surface area contributed by atoms with Crippen LogP contribution in [0.25, 0.3) is 6.08 Å². The number of quaternary nitrogens is 1. The zero-order valence-corrected chi connectivity index (χ0v) is 19.5. The smallest absolute Gasteiger partial charge is 0.231 e. The number of allylic oxidation sites excluding steroid dienone is 1. The van der Waals surface area contributed by atoms with Gasteiger partial charge in [0, 0.05) is 24.2 Å². The molecule has 0 spiro atoms. The second kappa shape index (κ2) is 9.72. The minimum absolute atomic E-state index is 0.100. The first kappa shape index (κ1) is 22.9. The Labute approximate surface area is 193 Å². The highest BCUT2D eigenvalue weighted by atomic mass is 16.5. The third-order valence-electron chi connectivity index (χ3n) is 6.36. The van der Waals surface area contributed by atoms with Gasteiger partial charge in [-0.15, -0.1) is 0 Å². The van der Waals surface area contributed by atoms with Crippen molar-refractivity contribution in [1.29, 1.82) is 0 Å². The monoisotopic (exact) mass is 454 g/mol. The van der Waals surface area contributed by atoms with Crippen molar-refractivity contribution in [2.75, 3.05) is 54.1 Å². The SMILES string of the molecule is CCN1CC[NH+](Cc2c([O-])ccc3c2O/C(=C\c2ccc(OC)c(OC)c2OC)C3=O)CC1. The lowest BCUT2D eigenvalue weighted by Gasteiger charge is -2.32. The predicted octanol–water partition coefficient (Wildman–Crippen LogP) is 1.12. The van der Waals surface area contributed by atoms with Gasteiger partial charge in [0.05, 0.1) is 40.0 Å². The van der Waals surface area contributed by atoms with Gasteiger partial charge in [0.2, 0.25) is 11.5 Å². The maximum atomic E-state index is 13.1. The predicted molar refractivity (Wildman–Crippen MR) is 121 cm³/mol. The fourth-order valence-electron chi connectivity index (χ4n) is 4.45. The molecule has 0 saturated carbocycles. The Bertz CT molecular complexity index is 1070. The van der Waals surface area contributed by atoms with Crippen molar-refractivity contribution in [2.45, 2.75) is 13.5 Å². The number of hydrogen-bond acceptors (Lipinski definition) is 7. The summed E-state index contributed by atoms with van der Waals surface area (Å²) in [4.78, 5) is 16.8. The largest absolute Gasteiger partial charge is 0.872 e. The molecule has 0 bridgehead atoms. The maximum Gasteiger partial charge on any atom is 0.231 e. The Hall–Kier alpha value is -3.23. The molecule has 176 valence electrons. The summed E-state index contributed by atoms with van der Waals surface area (Å²) in [7, 11) is 4.59. The molecule has 1 fully saturated rings. The highest BCUT2D eigenvalue weighted by Gasteiger charge is 2.32. The van der Waals surface area contributed by atoms with Crippen LogP contribution in [0.1, 0.15) is 28.4 Å². The summed E-state index contributed by atoms with van der Waals surface area (Å²) < 4.78 is 22.3. The molecule has 8 heteroatoms. The number of carbonyl (C=O) groups excluding carboxylic acids is 1. The van der Waals surface area contributed by atoms with Crippen molar-refractivity contribution in [1.82, 2.24) is 4.90 Å². The van der Waals surface area contributed by atoms with Gasteiger partial charge in [0.25, 0.3) is 0 Å². The summed E-state index contributed by atoms with van der Waals surface area (Å²) in [6, 6.07) is 6.53. The molecule has 1 saturated heterocycles. The first-order valence-electron chi connectivity index (χ1n) is 11.1. The van der Waals surface area contributed by atoms with E-state index in [1.54, 1.807) is 31.4 Å². The molecule has 0 amide bonds. The third kappa shape index (κ3) is 4.36. The average Bonchev–Trinajstić information content (AvgIpc) is 3.16. The lowest BCUT2D eigenvalue weighted by molar-refractivity contribution is -0.918. The molecule has 0 aliphatic carbocycles. The van der Waals surface area contributed by atoms with E-state index >= 15 is 0 Å². The summed E-state index contributed by atoms with van der Waals surface area (Å²) in [6.07, 6.45) is 1.62. The Morgan fingerprint density at radius 1 is 1.06 bits per heavy atom. The Morgan fingerprint density at radius 3 is 2.42 bits per heavy atom. The van der Waals surface area contributed by atoms with Crippen LogP contribution in [0.2, 0.25) is 0 Å². The minimum Gasteiger partial charge on any atom is -0.872 e. The van der Waals surface area contributed by atoms with Crippen LogP contribution in [0.4, 0.5) is 0 Å². The van der Waals surface area contributed by atoms with Crippen LogP contribution in [0.3, 0.4) is 0 Å². The number of hydrogen-bond donors (Lipinski definition) is 1. The number of nitrogens with one attached hydrogen (secondary N) is 1. The van der Waals surface area contributed by atoms with Gasteiger partial charge in [0.15, 0.2) is 17.3 Å². The van der Waals surface area contributed by atoms with Crippen LogP contribution in [0, 0.1) is 0 Å². The number of likely N-dealkylation sites (N-methyl/N-ethyl adjacent to an activating group) is 1. The molecule has 2 aromatic rings. The first-order valence-corrected chi connectivity index (χ1v) is 11.1. The van der Waals surface area contributed by atoms with Gasteiger partial charge >= 0.3 is 0 Å². The van der Waals surface area contributed by atoms with Gasteiger partial charge in [-0.25, -0.2) is 0 Å². The number of benzene rings is 2. The van der Waals surface area contributed by atoms with Crippen LogP contribution in [-0.2, 0) is 6.54 Å². The molecular weight excluding hydrogens is 424 g/mol. The van der Waals surface area contributed by atoms with Crippen LogP contribution in [0.15, 0.2) is 30.0 Å². The Kier molecular flexibility index (Phi) is 6.76. The average molecular weight is 455 g/mol. The highest BCUT2D eigenvalue weighted by Crippen LogP contribution is 2.43. The van der Waals surface area contributed by atoms with Crippen LogP contribution < -0.4 is 29.0 Å². The molecule has 0 radical (unpaired) electrons. The number of methoxy groups -OCH3 is 3. The summed E-state index contributed by atoms with van der Waals surface area (Å²) in [5.41, 5.74) is 1.59. The van der Waals surface area contributed by atoms with Crippen LogP contribution in [0.5, 0.6) is 28.7 Å².